The highest BCUT2D eigenvalue weighted by atomic mass is 32.2. The van der Waals surface area contributed by atoms with Crippen molar-refractivity contribution in [1.82, 2.24) is 20.1 Å². The van der Waals surface area contributed by atoms with Crippen LogP contribution < -0.4 is 0 Å². The minimum Gasteiger partial charge on any atom is -0.339 e. The average Bonchev–Trinajstić information content (AvgIpc) is 2.96. The van der Waals surface area contributed by atoms with Crippen LogP contribution in [-0.2, 0) is 15.6 Å². The molecule has 7 nitrogen and oxygen atoms in total. The van der Waals surface area contributed by atoms with E-state index in [-0.39, 0.29) is 22.7 Å². The van der Waals surface area contributed by atoms with Crippen molar-refractivity contribution in [3.05, 3.63) is 29.7 Å². The molecule has 3 rings (SSSR count). The second-order valence-electron chi connectivity index (χ2n) is 5.69. The number of sulfone groups is 1. The van der Waals surface area contributed by atoms with E-state index in [1.807, 2.05) is 0 Å². The van der Waals surface area contributed by atoms with Crippen LogP contribution in [0.2, 0.25) is 0 Å². The molecule has 1 aliphatic rings. The second kappa shape index (κ2) is 6.12. The Morgan fingerprint density at radius 3 is 2.55 bits per heavy atom. The molecule has 1 aliphatic carbocycles. The third-order valence-electron chi connectivity index (χ3n) is 3.79. The number of hydrogen-bond donors (Lipinski definition) is 0. The molecule has 2 aromatic heterocycles. The highest BCUT2D eigenvalue weighted by Crippen LogP contribution is 2.31. The topological polar surface area (TPSA) is 98.8 Å². The van der Waals surface area contributed by atoms with Crippen LogP contribution >= 0.6 is 0 Å². The van der Waals surface area contributed by atoms with Gasteiger partial charge in [-0.3, -0.25) is 0 Å². The highest BCUT2D eigenvalue weighted by molar-refractivity contribution is 7.90. The van der Waals surface area contributed by atoms with Crippen molar-refractivity contribution in [2.75, 3.05) is 0 Å². The lowest BCUT2D eigenvalue weighted by Crippen LogP contribution is -2.11. The minimum atomic E-state index is -3.65. The van der Waals surface area contributed by atoms with Crippen molar-refractivity contribution in [2.45, 2.75) is 55.9 Å². The molecule has 8 heteroatoms. The fraction of sp³-hybridized carbons (Fsp3) is 0.571. The number of aromatic nitrogens is 4. The molecule has 0 unspecified atom stereocenters. The van der Waals surface area contributed by atoms with Crippen LogP contribution in [0.3, 0.4) is 0 Å². The van der Waals surface area contributed by atoms with Crippen LogP contribution in [-0.4, -0.2) is 28.5 Å². The highest BCUT2D eigenvalue weighted by Gasteiger charge is 2.25. The fourth-order valence-electron chi connectivity index (χ4n) is 2.62. The molecule has 0 atom stereocenters. The van der Waals surface area contributed by atoms with Crippen LogP contribution in [0.1, 0.15) is 55.3 Å². The van der Waals surface area contributed by atoms with Gasteiger partial charge in [0, 0.05) is 18.3 Å². The second-order valence-corrected chi connectivity index (χ2v) is 7.57. The zero-order valence-electron chi connectivity index (χ0n) is 12.4. The summed E-state index contributed by atoms with van der Waals surface area (Å²) in [5.74, 6) is 0.638. The maximum Gasteiger partial charge on any atom is 0.247 e. The van der Waals surface area contributed by atoms with Gasteiger partial charge in [0.05, 0.1) is 0 Å². The van der Waals surface area contributed by atoms with Gasteiger partial charge in [0.25, 0.3) is 0 Å². The molecule has 0 aromatic carbocycles. The molecule has 0 saturated heterocycles. The van der Waals surface area contributed by atoms with Gasteiger partial charge >= 0.3 is 0 Å². The van der Waals surface area contributed by atoms with Crippen LogP contribution in [0.5, 0.6) is 0 Å². The summed E-state index contributed by atoms with van der Waals surface area (Å²) in [7, 11) is -3.65. The largest absolute Gasteiger partial charge is 0.339 e. The molecular formula is C14H18N4O3S. The predicted octanol–water partition coefficient (Wildman–Crippen LogP) is 2.19. The third kappa shape index (κ3) is 3.32. The summed E-state index contributed by atoms with van der Waals surface area (Å²) in [5.41, 5.74) is 0.804. The van der Waals surface area contributed by atoms with Crippen molar-refractivity contribution in [3.63, 3.8) is 0 Å². The Kier molecular flexibility index (Phi) is 4.19. The molecule has 22 heavy (non-hydrogen) atoms. The Labute approximate surface area is 129 Å². The molecule has 0 amide bonds. The summed E-state index contributed by atoms with van der Waals surface area (Å²) in [6.07, 6.45) is 8.53. The van der Waals surface area contributed by atoms with Gasteiger partial charge < -0.3 is 4.52 Å². The average molecular weight is 322 g/mol. The summed E-state index contributed by atoms with van der Waals surface area (Å²) >= 11 is 0. The first-order valence-electron chi connectivity index (χ1n) is 7.38. The van der Waals surface area contributed by atoms with E-state index in [4.69, 9.17) is 4.52 Å². The van der Waals surface area contributed by atoms with Crippen LogP contribution in [0.15, 0.2) is 22.1 Å². The lowest BCUT2D eigenvalue weighted by molar-refractivity contribution is 0.312. The number of hydrogen-bond acceptors (Lipinski definition) is 7. The maximum atomic E-state index is 12.3. The first kappa shape index (κ1) is 15.1. The van der Waals surface area contributed by atoms with Gasteiger partial charge in [-0.25, -0.2) is 18.4 Å². The van der Waals surface area contributed by atoms with Gasteiger partial charge in [-0.05, 0) is 25.3 Å². The lowest BCUT2D eigenvalue weighted by Gasteiger charge is -2.17. The smallest absolute Gasteiger partial charge is 0.247 e. The van der Waals surface area contributed by atoms with E-state index in [1.54, 1.807) is 6.92 Å². The number of rotatable bonds is 4. The number of aryl methyl sites for hydroxylation is 1. The Balaban J connectivity index is 1.75. The summed E-state index contributed by atoms with van der Waals surface area (Å²) in [6, 6.07) is 0. The van der Waals surface area contributed by atoms with Gasteiger partial charge in [-0.15, -0.1) is 0 Å². The Morgan fingerprint density at radius 2 is 1.86 bits per heavy atom. The third-order valence-corrected chi connectivity index (χ3v) is 5.20. The Morgan fingerprint density at radius 1 is 1.18 bits per heavy atom. The quantitative estimate of drug-likeness (QED) is 0.795. The Hall–Kier alpha value is -1.83. The van der Waals surface area contributed by atoms with Gasteiger partial charge in [0.2, 0.25) is 20.9 Å². The summed E-state index contributed by atoms with van der Waals surface area (Å²) in [5, 5.41) is 3.59. The van der Waals surface area contributed by atoms with E-state index >= 15 is 0 Å². The monoisotopic (exact) mass is 322 g/mol. The van der Waals surface area contributed by atoms with E-state index in [1.165, 1.54) is 18.8 Å². The first-order valence-corrected chi connectivity index (χ1v) is 9.04. The molecule has 1 fully saturated rings. The molecule has 2 aromatic rings. The van der Waals surface area contributed by atoms with Crippen LogP contribution in [0, 0.1) is 6.92 Å². The van der Waals surface area contributed by atoms with E-state index in [2.05, 4.69) is 20.1 Å². The summed E-state index contributed by atoms with van der Waals surface area (Å²) in [6.45, 7) is 1.80. The fourth-order valence-corrected chi connectivity index (χ4v) is 3.63. The predicted molar refractivity (Wildman–Crippen MR) is 77.8 cm³/mol. The minimum absolute atomic E-state index is 0.171. The van der Waals surface area contributed by atoms with Gasteiger partial charge in [-0.2, -0.15) is 4.98 Å². The van der Waals surface area contributed by atoms with Crippen molar-refractivity contribution >= 4 is 9.84 Å². The van der Waals surface area contributed by atoms with Crippen molar-refractivity contribution in [1.29, 1.82) is 0 Å². The van der Waals surface area contributed by atoms with E-state index in [0.29, 0.717) is 5.89 Å². The van der Waals surface area contributed by atoms with Crippen molar-refractivity contribution in [3.8, 4) is 0 Å². The van der Waals surface area contributed by atoms with Crippen molar-refractivity contribution in [2.24, 2.45) is 0 Å². The molecule has 118 valence electrons. The SMILES string of the molecule is Cc1cnc(S(=O)(=O)Cc2noc(C3CCCCC3)n2)nc1. The van der Waals surface area contributed by atoms with Gasteiger partial charge in [0.15, 0.2) is 5.82 Å². The molecule has 0 N–H and O–H groups in total. The summed E-state index contributed by atoms with van der Waals surface area (Å²) < 4.78 is 29.7. The van der Waals surface area contributed by atoms with E-state index in [9.17, 15) is 8.42 Å². The van der Waals surface area contributed by atoms with E-state index < -0.39 is 9.84 Å². The molecule has 0 aliphatic heterocycles. The van der Waals surface area contributed by atoms with E-state index in [0.717, 1.165) is 31.2 Å². The molecule has 0 bridgehead atoms. The first-order chi connectivity index (χ1) is 10.5. The molecule has 2 heterocycles. The number of nitrogens with zero attached hydrogens (tertiary/aromatic N) is 4. The van der Waals surface area contributed by atoms with Crippen molar-refractivity contribution < 1.29 is 12.9 Å². The van der Waals surface area contributed by atoms with Crippen LogP contribution in [0.25, 0.3) is 0 Å². The zero-order valence-corrected chi connectivity index (χ0v) is 13.2. The summed E-state index contributed by atoms with van der Waals surface area (Å²) in [4.78, 5) is 12.0. The maximum absolute atomic E-state index is 12.3. The van der Waals surface area contributed by atoms with Crippen LogP contribution in [0.4, 0.5) is 0 Å². The molecular weight excluding hydrogens is 304 g/mol. The van der Waals surface area contributed by atoms with Gasteiger partial charge in [0.1, 0.15) is 5.75 Å². The van der Waals surface area contributed by atoms with Gasteiger partial charge in [-0.1, -0.05) is 24.4 Å². The molecule has 0 spiro atoms. The molecule has 0 radical (unpaired) electrons. The standard InChI is InChI=1S/C14H18N4O3S/c1-10-7-15-14(16-8-10)22(19,20)9-12-17-13(21-18-12)11-5-3-2-4-6-11/h7-8,11H,2-6,9H2,1H3. The lowest BCUT2D eigenvalue weighted by atomic mass is 9.89. The molecule has 1 saturated carbocycles. The zero-order chi connectivity index (χ0) is 15.6. The normalized spacial score (nSPS) is 16.8. The Bertz CT molecular complexity index is 734.